The molecule has 112 valence electrons. The Morgan fingerprint density at radius 1 is 1.35 bits per heavy atom. The van der Waals surface area contributed by atoms with Gasteiger partial charge in [-0.3, -0.25) is 0 Å². The van der Waals surface area contributed by atoms with E-state index in [0.29, 0.717) is 12.0 Å². The van der Waals surface area contributed by atoms with E-state index in [4.69, 9.17) is 10.1 Å². The fourth-order valence-electron chi connectivity index (χ4n) is 2.89. The van der Waals surface area contributed by atoms with Gasteiger partial charge in [-0.05, 0) is 49.3 Å². The summed E-state index contributed by atoms with van der Waals surface area (Å²) >= 11 is 0. The average Bonchev–Trinajstić information content (AvgIpc) is 2.92. The molecule has 20 heavy (non-hydrogen) atoms. The van der Waals surface area contributed by atoms with Crippen LogP contribution in [0, 0.1) is 0 Å². The number of aliphatic hydroxyl groups excluding tert-OH is 2. The van der Waals surface area contributed by atoms with Crippen LogP contribution in [0.4, 0.5) is 5.82 Å². The minimum absolute atomic E-state index is 0.0599. The molecule has 1 aromatic heterocycles. The minimum atomic E-state index is 0.0599. The van der Waals surface area contributed by atoms with Gasteiger partial charge in [-0.1, -0.05) is 13.8 Å². The van der Waals surface area contributed by atoms with Crippen LogP contribution in [-0.2, 0) is 6.61 Å². The summed E-state index contributed by atoms with van der Waals surface area (Å²) in [5.74, 6) is 1.35. The highest BCUT2D eigenvalue weighted by Gasteiger charge is 2.25. The van der Waals surface area contributed by atoms with Crippen molar-refractivity contribution in [3.8, 4) is 0 Å². The molecule has 1 saturated heterocycles. The quantitative estimate of drug-likeness (QED) is 0.839. The highest BCUT2D eigenvalue weighted by Crippen LogP contribution is 2.29. The summed E-state index contributed by atoms with van der Waals surface area (Å²) in [5.41, 5.74) is 1.98. The first kappa shape index (κ1) is 15.3. The molecular weight excluding hydrogens is 252 g/mol. The van der Waals surface area contributed by atoms with Crippen molar-refractivity contribution in [3.63, 3.8) is 0 Å². The summed E-state index contributed by atoms with van der Waals surface area (Å²) in [5, 5.41) is 18.5. The van der Waals surface area contributed by atoms with Crippen LogP contribution in [0.5, 0.6) is 0 Å². The minimum Gasteiger partial charge on any atom is -0.396 e. The summed E-state index contributed by atoms with van der Waals surface area (Å²) in [6, 6.07) is 4.47. The SMILES string of the molecule is CC(C)c1cc(CO)cc(N2CCCC2CCCO)n1. The zero-order valence-electron chi connectivity index (χ0n) is 12.5. The number of aromatic nitrogens is 1. The molecule has 1 aromatic rings. The van der Waals surface area contributed by atoms with Crippen molar-refractivity contribution in [2.75, 3.05) is 18.1 Å². The average molecular weight is 278 g/mol. The first-order valence-electron chi connectivity index (χ1n) is 7.65. The van der Waals surface area contributed by atoms with Crippen LogP contribution in [0.3, 0.4) is 0 Å². The molecule has 0 spiro atoms. The molecule has 1 aliphatic heterocycles. The van der Waals surface area contributed by atoms with E-state index in [2.05, 4.69) is 18.7 Å². The molecule has 2 heterocycles. The van der Waals surface area contributed by atoms with Gasteiger partial charge >= 0.3 is 0 Å². The highest BCUT2D eigenvalue weighted by atomic mass is 16.3. The third kappa shape index (κ3) is 3.49. The van der Waals surface area contributed by atoms with E-state index in [1.165, 1.54) is 12.8 Å². The Bertz CT molecular complexity index is 434. The number of anilines is 1. The first-order chi connectivity index (χ1) is 9.65. The highest BCUT2D eigenvalue weighted by molar-refractivity contribution is 5.45. The van der Waals surface area contributed by atoms with Gasteiger partial charge in [-0.2, -0.15) is 0 Å². The van der Waals surface area contributed by atoms with Crippen LogP contribution in [0.1, 0.15) is 56.7 Å². The second kappa shape index (κ2) is 7.04. The molecule has 1 atom stereocenters. The fraction of sp³-hybridized carbons (Fsp3) is 0.688. The maximum Gasteiger partial charge on any atom is 0.129 e. The van der Waals surface area contributed by atoms with Crippen LogP contribution >= 0.6 is 0 Å². The molecule has 0 saturated carbocycles. The lowest BCUT2D eigenvalue weighted by atomic mass is 10.1. The molecule has 0 bridgehead atoms. The van der Waals surface area contributed by atoms with Gasteiger partial charge in [0.1, 0.15) is 5.82 Å². The monoisotopic (exact) mass is 278 g/mol. The van der Waals surface area contributed by atoms with Gasteiger partial charge in [0.2, 0.25) is 0 Å². The van der Waals surface area contributed by atoms with E-state index in [1.54, 1.807) is 0 Å². The van der Waals surface area contributed by atoms with Gasteiger partial charge in [0, 0.05) is 24.9 Å². The van der Waals surface area contributed by atoms with Crippen LogP contribution in [0.15, 0.2) is 12.1 Å². The molecule has 4 nitrogen and oxygen atoms in total. The summed E-state index contributed by atoms with van der Waals surface area (Å²) in [6.07, 6.45) is 4.20. The van der Waals surface area contributed by atoms with Gasteiger partial charge in [-0.15, -0.1) is 0 Å². The third-order valence-corrected chi connectivity index (χ3v) is 4.03. The molecule has 1 fully saturated rings. The topological polar surface area (TPSA) is 56.6 Å². The van der Waals surface area contributed by atoms with E-state index >= 15 is 0 Å². The summed E-state index contributed by atoms with van der Waals surface area (Å²) in [6.45, 7) is 5.59. The van der Waals surface area contributed by atoms with Crippen molar-refractivity contribution in [3.05, 3.63) is 23.4 Å². The van der Waals surface area contributed by atoms with Crippen molar-refractivity contribution in [2.45, 2.75) is 58.1 Å². The first-order valence-corrected chi connectivity index (χ1v) is 7.65. The Morgan fingerprint density at radius 2 is 2.15 bits per heavy atom. The summed E-state index contributed by atoms with van der Waals surface area (Å²) in [7, 11) is 0. The Labute approximate surface area is 121 Å². The maximum atomic E-state index is 9.44. The maximum absolute atomic E-state index is 9.44. The van der Waals surface area contributed by atoms with Crippen molar-refractivity contribution in [1.82, 2.24) is 4.98 Å². The Kier molecular flexibility index (Phi) is 5.38. The number of nitrogens with zero attached hydrogens (tertiary/aromatic N) is 2. The smallest absolute Gasteiger partial charge is 0.129 e. The molecule has 0 radical (unpaired) electrons. The zero-order valence-corrected chi connectivity index (χ0v) is 12.5. The number of aliphatic hydroxyl groups is 2. The van der Waals surface area contributed by atoms with Crippen molar-refractivity contribution in [1.29, 1.82) is 0 Å². The second-order valence-corrected chi connectivity index (χ2v) is 5.93. The van der Waals surface area contributed by atoms with Gasteiger partial charge in [0.15, 0.2) is 0 Å². The van der Waals surface area contributed by atoms with Crippen LogP contribution in [0.2, 0.25) is 0 Å². The Hall–Kier alpha value is -1.13. The fourth-order valence-corrected chi connectivity index (χ4v) is 2.89. The van der Waals surface area contributed by atoms with Gasteiger partial charge < -0.3 is 15.1 Å². The van der Waals surface area contributed by atoms with E-state index in [1.807, 2.05) is 12.1 Å². The van der Waals surface area contributed by atoms with E-state index in [0.717, 1.165) is 36.5 Å². The van der Waals surface area contributed by atoms with Crippen molar-refractivity contribution < 1.29 is 10.2 Å². The molecule has 0 aliphatic carbocycles. The number of pyridine rings is 1. The number of rotatable bonds is 6. The predicted octanol–water partition coefficient (Wildman–Crippen LogP) is 2.44. The van der Waals surface area contributed by atoms with Crippen LogP contribution in [0.25, 0.3) is 0 Å². The Morgan fingerprint density at radius 3 is 2.80 bits per heavy atom. The van der Waals surface area contributed by atoms with E-state index in [9.17, 15) is 5.11 Å². The lowest BCUT2D eigenvalue weighted by Gasteiger charge is -2.27. The van der Waals surface area contributed by atoms with Gasteiger partial charge in [0.05, 0.1) is 6.61 Å². The standard InChI is InChI=1S/C16H26N2O2/c1-12(2)15-9-13(11-20)10-16(17-15)18-7-3-5-14(18)6-4-8-19/h9-10,12,14,19-20H,3-8,11H2,1-2H3. The van der Waals surface area contributed by atoms with Crippen molar-refractivity contribution >= 4 is 5.82 Å². The summed E-state index contributed by atoms with van der Waals surface area (Å²) < 4.78 is 0. The normalized spacial score (nSPS) is 19.1. The molecule has 0 amide bonds. The lowest BCUT2D eigenvalue weighted by molar-refractivity contribution is 0.279. The van der Waals surface area contributed by atoms with Crippen molar-refractivity contribution in [2.24, 2.45) is 0 Å². The largest absolute Gasteiger partial charge is 0.396 e. The molecule has 1 aliphatic rings. The molecule has 2 N–H and O–H groups in total. The van der Waals surface area contributed by atoms with Gasteiger partial charge in [-0.25, -0.2) is 4.98 Å². The second-order valence-electron chi connectivity index (χ2n) is 5.93. The van der Waals surface area contributed by atoms with E-state index < -0.39 is 0 Å². The molecular formula is C16H26N2O2. The number of hydrogen-bond donors (Lipinski definition) is 2. The third-order valence-electron chi connectivity index (χ3n) is 4.03. The number of hydrogen-bond acceptors (Lipinski definition) is 4. The zero-order chi connectivity index (χ0) is 14.5. The molecule has 4 heteroatoms. The van der Waals surface area contributed by atoms with Gasteiger partial charge in [0.25, 0.3) is 0 Å². The molecule has 2 rings (SSSR count). The molecule has 1 unspecified atom stereocenters. The lowest BCUT2D eigenvalue weighted by Crippen LogP contribution is -2.30. The Balaban J connectivity index is 2.23. The predicted molar refractivity (Wildman–Crippen MR) is 80.9 cm³/mol. The van der Waals surface area contributed by atoms with Crippen LogP contribution in [-0.4, -0.2) is 34.4 Å². The van der Waals surface area contributed by atoms with Crippen LogP contribution < -0.4 is 4.90 Å². The summed E-state index contributed by atoms with van der Waals surface area (Å²) in [4.78, 5) is 7.12. The van der Waals surface area contributed by atoms with E-state index in [-0.39, 0.29) is 13.2 Å². The molecule has 0 aromatic carbocycles.